The van der Waals surface area contributed by atoms with Gasteiger partial charge in [0.05, 0.1) is 13.2 Å². The molecule has 0 amide bonds. The maximum Gasteiger partial charge on any atom is 0.120 e. The molecule has 112 valence electrons. The van der Waals surface area contributed by atoms with Gasteiger partial charge in [0, 0.05) is 5.02 Å². The van der Waals surface area contributed by atoms with Gasteiger partial charge in [-0.25, -0.2) is 0 Å². The summed E-state index contributed by atoms with van der Waals surface area (Å²) in [7, 11) is 1.64. The minimum Gasteiger partial charge on any atom is -0.497 e. The lowest BCUT2D eigenvalue weighted by atomic mass is 10.0. The van der Waals surface area contributed by atoms with E-state index in [1.54, 1.807) is 7.11 Å². The Labute approximate surface area is 130 Å². The van der Waals surface area contributed by atoms with Crippen LogP contribution in [0, 0.1) is 6.92 Å². The molecule has 4 heteroatoms. The third-order valence-electron chi connectivity index (χ3n) is 3.46. The van der Waals surface area contributed by atoms with E-state index in [1.807, 2.05) is 56.3 Å². The van der Waals surface area contributed by atoms with E-state index in [2.05, 4.69) is 0 Å². The molecule has 2 aromatic rings. The van der Waals surface area contributed by atoms with Crippen LogP contribution in [0.15, 0.2) is 42.5 Å². The van der Waals surface area contributed by atoms with Crippen LogP contribution in [-0.4, -0.2) is 13.2 Å². The van der Waals surface area contributed by atoms with Crippen LogP contribution >= 0.6 is 11.6 Å². The lowest BCUT2D eigenvalue weighted by molar-refractivity contribution is 0.190. The van der Waals surface area contributed by atoms with E-state index in [0.717, 1.165) is 27.6 Å². The number of rotatable bonds is 5. The first-order valence-electron chi connectivity index (χ1n) is 6.83. The van der Waals surface area contributed by atoms with Crippen LogP contribution in [0.3, 0.4) is 0 Å². The van der Waals surface area contributed by atoms with Gasteiger partial charge >= 0.3 is 0 Å². The molecule has 2 atom stereocenters. The molecule has 2 rings (SSSR count). The number of nitrogens with two attached hydrogens (primary N) is 1. The minimum atomic E-state index is -0.216. The lowest BCUT2D eigenvalue weighted by Crippen LogP contribution is -2.28. The molecule has 2 N–H and O–H groups in total. The van der Waals surface area contributed by atoms with E-state index >= 15 is 0 Å². The zero-order chi connectivity index (χ0) is 15.4. The fraction of sp³-hybridized carbons (Fsp3) is 0.294. The van der Waals surface area contributed by atoms with Crippen molar-refractivity contribution in [3.8, 4) is 11.5 Å². The molecular weight excluding hydrogens is 286 g/mol. The fourth-order valence-corrected chi connectivity index (χ4v) is 2.19. The lowest BCUT2D eigenvalue weighted by Gasteiger charge is -2.22. The van der Waals surface area contributed by atoms with Crippen LogP contribution in [0.4, 0.5) is 0 Å². The highest BCUT2D eigenvalue weighted by Gasteiger charge is 2.17. The van der Waals surface area contributed by atoms with Gasteiger partial charge < -0.3 is 15.2 Å². The highest BCUT2D eigenvalue weighted by Crippen LogP contribution is 2.25. The summed E-state index contributed by atoms with van der Waals surface area (Å²) in [5, 5.41) is 0.731. The summed E-state index contributed by atoms with van der Waals surface area (Å²) in [6.07, 6.45) is -0.154. The molecule has 2 unspecified atom stereocenters. The van der Waals surface area contributed by atoms with Gasteiger partial charge in [0.15, 0.2) is 0 Å². The molecule has 0 fully saturated rings. The molecule has 0 bridgehead atoms. The molecule has 0 heterocycles. The second-order valence-corrected chi connectivity index (χ2v) is 5.44. The maximum atomic E-state index is 6.25. The van der Waals surface area contributed by atoms with Gasteiger partial charge in [-0.05, 0) is 55.3 Å². The van der Waals surface area contributed by atoms with Crippen molar-refractivity contribution in [1.29, 1.82) is 0 Å². The van der Waals surface area contributed by atoms with Crippen LogP contribution in [0.1, 0.15) is 24.1 Å². The second kappa shape index (κ2) is 6.83. The molecule has 21 heavy (non-hydrogen) atoms. The van der Waals surface area contributed by atoms with Gasteiger partial charge in [0.1, 0.15) is 17.6 Å². The van der Waals surface area contributed by atoms with Crippen LogP contribution in [0.25, 0.3) is 0 Å². The summed E-state index contributed by atoms with van der Waals surface area (Å²) in [5.41, 5.74) is 8.25. The second-order valence-electron chi connectivity index (χ2n) is 5.03. The quantitative estimate of drug-likeness (QED) is 0.903. The Bertz CT molecular complexity index is 598. The molecule has 0 spiro atoms. The first-order valence-corrected chi connectivity index (χ1v) is 7.21. The van der Waals surface area contributed by atoms with Gasteiger partial charge in [-0.15, -0.1) is 0 Å². The van der Waals surface area contributed by atoms with Crippen molar-refractivity contribution in [3.05, 3.63) is 58.6 Å². The smallest absolute Gasteiger partial charge is 0.120 e. The predicted molar refractivity (Wildman–Crippen MR) is 86.2 cm³/mol. The molecule has 0 aliphatic rings. The summed E-state index contributed by atoms with van der Waals surface area (Å²) in [5.74, 6) is 1.58. The molecule has 0 saturated heterocycles. The molecule has 3 nitrogen and oxygen atoms in total. The Kier molecular flexibility index (Phi) is 5.10. The molecule has 0 radical (unpaired) electrons. The van der Waals surface area contributed by atoms with Crippen LogP contribution < -0.4 is 15.2 Å². The van der Waals surface area contributed by atoms with Gasteiger partial charge in [-0.2, -0.15) is 0 Å². The average Bonchev–Trinajstić information content (AvgIpc) is 2.50. The maximum absolute atomic E-state index is 6.25. The van der Waals surface area contributed by atoms with Gasteiger partial charge in [0.2, 0.25) is 0 Å². The number of hydrogen-bond acceptors (Lipinski definition) is 3. The van der Waals surface area contributed by atoms with E-state index in [0.29, 0.717) is 0 Å². The number of halogens is 1. The molecule has 0 aliphatic heterocycles. The zero-order valence-corrected chi connectivity index (χ0v) is 13.2. The Balaban J connectivity index is 2.07. The number of benzene rings is 2. The normalized spacial score (nSPS) is 13.6. The van der Waals surface area contributed by atoms with E-state index in [4.69, 9.17) is 26.8 Å². The standard InChI is InChI=1S/C17H20ClNO2/c1-11-10-15(8-9-16(11)18)21-12(2)17(19)13-4-6-14(20-3)7-5-13/h4-10,12,17H,19H2,1-3H3. The number of aryl methyl sites for hydroxylation is 1. The van der Waals surface area contributed by atoms with Crippen molar-refractivity contribution in [3.63, 3.8) is 0 Å². The Hall–Kier alpha value is -1.71. The van der Waals surface area contributed by atoms with E-state index in [1.165, 1.54) is 0 Å². The van der Waals surface area contributed by atoms with Gasteiger partial charge in [-0.3, -0.25) is 0 Å². The van der Waals surface area contributed by atoms with Crippen molar-refractivity contribution in [2.24, 2.45) is 5.73 Å². The Morgan fingerprint density at radius 1 is 1.05 bits per heavy atom. The van der Waals surface area contributed by atoms with Crippen molar-refractivity contribution in [2.45, 2.75) is 26.0 Å². The summed E-state index contributed by atoms with van der Waals surface area (Å²) in [6.45, 7) is 3.90. The Morgan fingerprint density at radius 2 is 1.67 bits per heavy atom. The fourth-order valence-electron chi connectivity index (χ4n) is 2.08. The van der Waals surface area contributed by atoms with Crippen molar-refractivity contribution in [2.75, 3.05) is 7.11 Å². The SMILES string of the molecule is COc1ccc(C(N)C(C)Oc2ccc(Cl)c(C)c2)cc1. The number of ether oxygens (including phenoxy) is 2. The Morgan fingerprint density at radius 3 is 2.24 bits per heavy atom. The van der Waals surface area contributed by atoms with E-state index in [9.17, 15) is 0 Å². The average molecular weight is 306 g/mol. The predicted octanol–water partition coefficient (Wildman–Crippen LogP) is 4.12. The monoisotopic (exact) mass is 305 g/mol. The molecule has 0 aromatic heterocycles. The van der Waals surface area contributed by atoms with E-state index < -0.39 is 0 Å². The topological polar surface area (TPSA) is 44.5 Å². The largest absolute Gasteiger partial charge is 0.497 e. The van der Waals surface area contributed by atoms with Crippen LogP contribution in [0.2, 0.25) is 5.02 Å². The molecular formula is C17H20ClNO2. The van der Waals surface area contributed by atoms with Gasteiger partial charge in [0.25, 0.3) is 0 Å². The third-order valence-corrected chi connectivity index (χ3v) is 3.88. The third kappa shape index (κ3) is 3.90. The number of hydrogen-bond donors (Lipinski definition) is 1. The molecule has 2 aromatic carbocycles. The summed E-state index contributed by atoms with van der Waals surface area (Å²) < 4.78 is 11.1. The van der Waals surface area contributed by atoms with Crippen LogP contribution in [0.5, 0.6) is 11.5 Å². The molecule has 0 aliphatic carbocycles. The first kappa shape index (κ1) is 15.7. The van der Waals surface area contributed by atoms with E-state index in [-0.39, 0.29) is 12.1 Å². The number of methoxy groups -OCH3 is 1. The van der Waals surface area contributed by atoms with Crippen molar-refractivity contribution in [1.82, 2.24) is 0 Å². The highest BCUT2D eigenvalue weighted by atomic mass is 35.5. The van der Waals surface area contributed by atoms with Crippen LogP contribution in [-0.2, 0) is 0 Å². The zero-order valence-electron chi connectivity index (χ0n) is 12.5. The van der Waals surface area contributed by atoms with Gasteiger partial charge in [-0.1, -0.05) is 23.7 Å². The van der Waals surface area contributed by atoms with Crippen molar-refractivity contribution >= 4 is 11.6 Å². The first-order chi connectivity index (χ1) is 10.0. The summed E-state index contributed by atoms with van der Waals surface area (Å²) in [6, 6.07) is 13.1. The summed E-state index contributed by atoms with van der Waals surface area (Å²) in [4.78, 5) is 0. The summed E-state index contributed by atoms with van der Waals surface area (Å²) >= 11 is 6.01. The molecule has 0 saturated carbocycles. The minimum absolute atomic E-state index is 0.154. The highest BCUT2D eigenvalue weighted by molar-refractivity contribution is 6.31. The van der Waals surface area contributed by atoms with Crippen molar-refractivity contribution < 1.29 is 9.47 Å².